The highest BCUT2D eigenvalue weighted by molar-refractivity contribution is 5.75. The third kappa shape index (κ3) is 2.94. The molecular weight excluding hydrogens is 260 g/mol. The molecule has 4 heteroatoms. The molecule has 3 rings (SSSR count). The van der Waals surface area contributed by atoms with Crippen LogP contribution in [0.3, 0.4) is 0 Å². The van der Waals surface area contributed by atoms with Crippen LogP contribution in [0.4, 0.5) is 0 Å². The predicted octanol–water partition coefficient (Wildman–Crippen LogP) is 3.75. The van der Waals surface area contributed by atoms with Gasteiger partial charge in [0, 0.05) is 36.9 Å². The molecule has 108 valence electrons. The van der Waals surface area contributed by atoms with E-state index >= 15 is 0 Å². The minimum Gasteiger partial charge on any atom is -0.351 e. The lowest BCUT2D eigenvalue weighted by molar-refractivity contribution is 0.588. The Kier molecular flexibility index (Phi) is 4.38. The number of hydrogen-bond acceptors (Lipinski definition) is 3. The Morgan fingerprint density at radius 1 is 1.24 bits per heavy atom. The zero-order valence-electron chi connectivity index (χ0n) is 12.7. The molecule has 0 unspecified atom stereocenters. The first-order valence-electron chi connectivity index (χ1n) is 6.96. The number of imidazole rings is 1. The second-order valence-corrected chi connectivity index (χ2v) is 4.43. The SMILES string of the molecule is C=Cc1cn2cc(C3=CC(=C)N(C)C=C3)ncc2n1.CC. The van der Waals surface area contributed by atoms with Gasteiger partial charge in [-0.15, -0.1) is 0 Å². The highest BCUT2D eigenvalue weighted by atomic mass is 15.1. The molecule has 2 aromatic heterocycles. The van der Waals surface area contributed by atoms with Crippen LogP contribution in [0.2, 0.25) is 0 Å². The fraction of sp³-hybridized carbons (Fsp3) is 0.176. The lowest BCUT2D eigenvalue weighted by Gasteiger charge is -2.19. The van der Waals surface area contributed by atoms with Gasteiger partial charge in [0.25, 0.3) is 0 Å². The zero-order valence-corrected chi connectivity index (χ0v) is 12.7. The Balaban J connectivity index is 0.000000774. The summed E-state index contributed by atoms with van der Waals surface area (Å²) in [7, 11) is 1.97. The van der Waals surface area contributed by atoms with E-state index in [1.807, 2.05) is 60.9 Å². The van der Waals surface area contributed by atoms with Crippen molar-refractivity contribution in [3.63, 3.8) is 0 Å². The Labute approximate surface area is 125 Å². The number of allylic oxidation sites excluding steroid dienone is 3. The third-order valence-electron chi connectivity index (χ3n) is 3.12. The number of aromatic nitrogens is 3. The summed E-state index contributed by atoms with van der Waals surface area (Å²) in [5, 5.41) is 0. The molecule has 0 saturated carbocycles. The highest BCUT2D eigenvalue weighted by Crippen LogP contribution is 2.21. The summed E-state index contributed by atoms with van der Waals surface area (Å²) in [5.41, 5.74) is 4.54. The van der Waals surface area contributed by atoms with Crippen LogP contribution in [-0.4, -0.2) is 26.3 Å². The fourth-order valence-corrected chi connectivity index (χ4v) is 1.94. The number of likely N-dealkylation sites (N-methyl/N-ethyl adjacent to an activating group) is 1. The first-order chi connectivity index (χ1) is 10.2. The van der Waals surface area contributed by atoms with Crippen molar-refractivity contribution >= 4 is 17.3 Å². The van der Waals surface area contributed by atoms with E-state index in [-0.39, 0.29) is 0 Å². The maximum absolute atomic E-state index is 4.44. The van der Waals surface area contributed by atoms with Crippen molar-refractivity contribution in [2.24, 2.45) is 0 Å². The van der Waals surface area contributed by atoms with Gasteiger partial charge >= 0.3 is 0 Å². The van der Waals surface area contributed by atoms with Gasteiger partial charge in [0.1, 0.15) is 0 Å². The summed E-state index contributed by atoms with van der Waals surface area (Å²) in [5.74, 6) is 0. The van der Waals surface area contributed by atoms with Crippen LogP contribution in [0.25, 0.3) is 17.3 Å². The van der Waals surface area contributed by atoms with Gasteiger partial charge in [-0.1, -0.05) is 27.0 Å². The van der Waals surface area contributed by atoms with E-state index in [0.717, 1.165) is 28.3 Å². The van der Waals surface area contributed by atoms with E-state index in [1.165, 1.54) is 0 Å². The van der Waals surface area contributed by atoms with Gasteiger partial charge in [0.2, 0.25) is 0 Å². The van der Waals surface area contributed by atoms with Crippen LogP contribution in [0.1, 0.15) is 25.2 Å². The molecule has 0 N–H and O–H groups in total. The lowest BCUT2D eigenvalue weighted by atomic mass is 10.1. The van der Waals surface area contributed by atoms with Gasteiger partial charge in [0.15, 0.2) is 5.65 Å². The fourth-order valence-electron chi connectivity index (χ4n) is 1.94. The largest absolute Gasteiger partial charge is 0.351 e. The smallest absolute Gasteiger partial charge is 0.155 e. The molecular formula is C17H20N4. The maximum Gasteiger partial charge on any atom is 0.155 e. The molecule has 0 spiro atoms. The van der Waals surface area contributed by atoms with Gasteiger partial charge in [-0.05, 0) is 18.2 Å². The second-order valence-electron chi connectivity index (χ2n) is 4.43. The van der Waals surface area contributed by atoms with Gasteiger partial charge in [0.05, 0.1) is 17.6 Å². The second kappa shape index (κ2) is 6.22. The van der Waals surface area contributed by atoms with Crippen LogP contribution >= 0.6 is 0 Å². The summed E-state index contributed by atoms with van der Waals surface area (Å²) in [6.45, 7) is 11.7. The molecule has 0 aromatic carbocycles. The third-order valence-corrected chi connectivity index (χ3v) is 3.12. The van der Waals surface area contributed by atoms with Crippen LogP contribution in [0, 0.1) is 0 Å². The number of nitrogens with zero attached hydrogens (tertiary/aromatic N) is 4. The normalized spacial score (nSPS) is 13.8. The van der Waals surface area contributed by atoms with Gasteiger partial charge in [-0.3, -0.25) is 4.98 Å². The van der Waals surface area contributed by atoms with Gasteiger partial charge < -0.3 is 9.30 Å². The molecule has 0 fully saturated rings. The van der Waals surface area contributed by atoms with E-state index in [1.54, 1.807) is 12.3 Å². The Morgan fingerprint density at radius 3 is 2.67 bits per heavy atom. The quantitative estimate of drug-likeness (QED) is 0.840. The van der Waals surface area contributed by atoms with Gasteiger partial charge in [-0.25, -0.2) is 4.98 Å². The van der Waals surface area contributed by atoms with E-state index in [2.05, 4.69) is 23.1 Å². The summed E-state index contributed by atoms with van der Waals surface area (Å²) in [6.07, 6.45) is 13.4. The summed E-state index contributed by atoms with van der Waals surface area (Å²) in [6, 6.07) is 0. The molecule has 2 aromatic rings. The number of hydrogen-bond donors (Lipinski definition) is 0. The maximum atomic E-state index is 4.44. The van der Waals surface area contributed by atoms with Crippen molar-refractivity contribution in [2.75, 3.05) is 7.05 Å². The summed E-state index contributed by atoms with van der Waals surface area (Å²) >= 11 is 0. The van der Waals surface area contributed by atoms with Crippen LogP contribution in [-0.2, 0) is 0 Å². The molecule has 21 heavy (non-hydrogen) atoms. The van der Waals surface area contributed by atoms with Crippen molar-refractivity contribution in [3.05, 3.63) is 67.2 Å². The average molecular weight is 280 g/mol. The predicted molar refractivity (Wildman–Crippen MR) is 88.4 cm³/mol. The van der Waals surface area contributed by atoms with Crippen molar-refractivity contribution in [1.82, 2.24) is 19.3 Å². The monoisotopic (exact) mass is 280 g/mol. The van der Waals surface area contributed by atoms with Crippen molar-refractivity contribution in [1.29, 1.82) is 0 Å². The molecule has 0 amide bonds. The number of fused-ring (bicyclic) bond motifs is 1. The molecule has 1 aliphatic heterocycles. The molecule has 0 aliphatic carbocycles. The summed E-state index contributed by atoms with van der Waals surface area (Å²) in [4.78, 5) is 10.8. The van der Waals surface area contributed by atoms with Crippen molar-refractivity contribution < 1.29 is 0 Å². The molecule has 0 atom stereocenters. The van der Waals surface area contributed by atoms with E-state index < -0.39 is 0 Å². The van der Waals surface area contributed by atoms with Crippen LogP contribution in [0.5, 0.6) is 0 Å². The Hall–Kier alpha value is -2.62. The first-order valence-corrected chi connectivity index (χ1v) is 6.96. The molecule has 1 aliphatic rings. The van der Waals surface area contributed by atoms with Gasteiger partial charge in [-0.2, -0.15) is 0 Å². The Bertz CT molecular complexity index is 734. The van der Waals surface area contributed by atoms with E-state index in [0.29, 0.717) is 0 Å². The summed E-state index contributed by atoms with van der Waals surface area (Å²) < 4.78 is 1.95. The molecule has 4 nitrogen and oxygen atoms in total. The zero-order chi connectivity index (χ0) is 15.4. The topological polar surface area (TPSA) is 33.4 Å². The van der Waals surface area contributed by atoms with Crippen LogP contribution in [0.15, 0.2) is 55.8 Å². The Morgan fingerprint density at radius 2 is 2.00 bits per heavy atom. The first kappa shape index (κ1) is 14.8. The lowest BCUT2D eigenvalue weighted by Crippen LogP contribution is -2.11. The molecule has 0 bridgehead atoms. The van der Waals surface area contributed by atoms with E-state index in [4.69, 9.17) is 0 Å². The minimum absolute atomic E-state index is 0.815. The highest BCUT2D eigenvalue weighted by Gasteiger charge is 2.09. The number of rotatable bonds is 2. The van der Waals surface area contributed by atoms with Crippen molar-refractivity contribution in [2.45, 2.75) is 13.8 Å². The molecule has 0 saturated heterocycles. The van der Waals surface area contributed by atoms with Crippen molar-refractivity contribution in [3.8, 4) is 0 Å². The van der Waals surface area contributed by atoms with Crippen LogP contribution < -0.4 is 0 Å². The van der Waals surface area contributed by atoms with E-state index in [9.17, 15) is 0 Å². The molecule has 3 heterocycles. The average Bonchev–Trinajstić information content (AvgIpc) is 2.94. The minimum atomic E-state index is 0.815. The molecule has 0 radical (unpaired) electrons. The standard InChI is InChI=1S/C15H14N4.C2H6/c1-4-13-9-19-10-14(16-8-15(19)17-13)12-5-6-18(3)11(2)7-12;1-2/h4-10H,1-2H2,3H3;1-2H3.